The molecule has 3 N–H and O–H groups in total. The molecule has 3 amide bonds. The van der Waals surface area contributed by atoms with E-state index in [4.69, 9.17) is 0 Å². The van der Waals surface area contributed by atoms with E-state index in [2.05, 4.69) is 37.9 Å². The van der Waals surface area contributed by atoms with E-state index in [1.54, 1.807) is 0 Å². The fourth-order valence-corrected chi connectivity index (χ4v) is 4.04. The number of rotatable bonds is 4. The quantitative estimate of drug-likeness (QED) is 0.732. The predicted molar refractivity (Wildman–Crippen MR) is 97.1 cm³/mol. The van der Waals surface area contributed by atoms with Gasteiger partial charge in [-0.15, -0.1) is 0 Å². The van der Waals surface area contributed by atoms with Crippen LogP contribution in [0.15, 0.2) is 36.5 Å². The molecule has 7 nitrogen and oxygen atoms in total. The molecule has 4 rings (SSSR count). The first-order chi connectivity index (χ1) is 12.6. The number of carbonyl (C=O) groups is 2. The van der Waals surface area contributed by atoms with Gasteiger partial charge in [0, 0.05) is 12.1 Å². The molecular formula is C19H23N5O2. The van der Waals surface area contributed by atoms with Crippen LogP contribution < -0.4 is 10.6 Å². The zero-order valence-electron chi connectivity index (χ0n) is 14.8. The van der Waals surface area contributed by atoms with Gasteiger partial charge in [0.1, 0.15) is 5.54 Å². The van der Waals surface area contributed by atoms with Crippen molar-refractivity contribution < 1.29 is 9.59 Å². The normalized spacial score (nSPS) is 24.5. The van der Waals surface area contributed by atoms with Gasteiger partial charge in [-0.05, 0) is 44.3 Å². The number of hydrogen-bond donors (Lipinski definition) is 3. The summed E-state index contributed by atoms with van der Waals surface area (Å²) < 4.78 is 0. The molecule has 2 aliphatic rings. The molecule has 136 valence electrons. The summed E-state index contributed by atoms with van der Waals surface area (Å²) in [6.45, 7) is 4.44. The fourth-order valence-electron chi connectivity index (χ4n) is 4.04. The molecule has 0 radical (unpaired) electrons. The van der Waals surface area contributed by atoms with Crippen LogP contribution in [0, 0.1) is 5.92 Å². The molecule has 2 aromatic rings. The Hall–Kier alpha value is -2.67. The first-order valence-electron chi connectivity index (χ1n) is 9.00. The summed E-state index contributed by atoms with van der Waals surface area (Å²) in [6.07, 6.45) is 3.64. The lowest BCUT2D eigenvalue weighted by atomic mass is 9.79. The molecule has 2 fully saturated rings. The van der Waals surface area contributed by atoms with Crippen LogP contribution in [0.3, 0.4) is 0 Å². The van der Waals surface area contributed by atoms with Crippen LogP contribution in [0.1, 0.15) is 25.3 Å². The fraction of sp³-hybridized carbons (Fsp3) is 0.421. The number of amides is 3. The molecule has 0 aliphatic carbocycles. The maximum atomic E-state index is 12.1. The highest BCUT2D eigenvalue weighted by molar-refractivity contribution is 6.06. The molecule has 7 heteroatoms. The van der Waals surface area contributed by atoms with Crippen molar-refractivity contribution in [2.45, 2.75) is 31.8 Å². The number of hydrogen-bond acceptors (Lipinski definition) is 4. The van der Waals surface area contributed by atoms with E-state index in [-0.39, 0.29) is 17.9 Å². The Morgan fingerprint density at radius 3 is 2.58 bits per heavy atom. The average molecular weight is 353 g/mol. The molecule has 1 unspecified atom stereocenters. The Morgan fingerprint density at radius 1 is 1.19 bits per heavy atom. The summed E-state index contributed by atoms with van der Waals surface area (Å²) in [5, 5.41) is 12.5. The molecule has 0 bridgehead atoms. The number of H-pyrrole nitrogens is 1. The van der Waals surface area contributed by atoms with E-state index < -0.39 is 5.54 Å². The van der Waals surface area contributed by atoms with Crippen molar-refractivity contribution in [2.75, 3.05) is 13.1 Å². The average Bonchev–Trinajstić information content (AvgIpc) is 3.21. The number of aromatic nitrogens is 2. The van der Waals surface area contributed by atoms with Gasteiger partial charge in [0.05, 0.1) is 11.9 Å². The summed E-state index contributed by atoms with van der Waals surface area (Å²) in [7, 11) is 0. The van der Waals surface area contributed by atoms with Crippen molar-refractivity contribution >= 4 is 11.9 Å². The third-order valence-electron chi connectivity index (χ3n) is 5.65. The first-order valence-corrected chi connectivity index (χ1v) is 9.00. The standard InChI is InChI=1S/C19H23N5O2/c1-19(17(25)21-18(26)22-19)15-7-9-24(10-8-15)12-14-11-20-23-16(14)13-5-3-2-4-6-13/h2-6,11,15H,7-10,12H2,1H3,(H,20,23)(H2,21,22,25,26). The van der Waals surface area contributed by atoms with E-state index in [9.17, 15) is 9.59 Å². The highest BCUT2D eigenvalue weighted by Crippen LogP contribution is 2.31. The maximum absolute atomic E-state index is 12.1. The van der Waals surface area contributed by atoms with Crippen molar-refractivity contribution in [3.8, 4) is 11.3 Å². The van der Waals surface area contributed by atoms with Crippen LogP contribution in [0.4, 0.5) is 4.79 Å². The Labute approximate surface area is 152 Å². The molecule has 3 heterocycles. The van der Waals surface area contributed by atoms with Crippen molar-refractivity contribution in [1.29, 1.82) is 0 Å². The first kappa shape index (κ1) is 16.8. The number of aromatic amines is 1. The maximum Gasteiger partial charge on any atom is 0.322 e. The topological polar surface area (TPSA) is 90.1 Å². The van der Waals surface area contributed by atoms with E-state index >= 15 is 0 Å². The predicted octanol–water partition coefficient (Wildman–Crippen LogP) is 1.89. The number of urea groups is 1. The van der Waals surface area contributed by atoms with Crippen molar-refractivity contribution in [3.63, 3.8) is 0 Å². The van der Waals surface area contributed by atoms with Gasteiger partial charge in [-0.2, -0.15) is 5.10 Å². The number of imide groups is 1. The van der Waals surface area contributed by atoms with E-state index in [1.807, 2.05) is 31.3 Å². The molecule has 1 aromatic heterocycles. The minimum absolute atomic E-state index is 0.156. The summed E-state index contributed by atoms with van der Waals surface area (Å²) >= 11 is 0. The van der Waals surface area contributed by atoms with Crippen LogP contribution in [-0.4, -0.2) is 45.7 Å². The SMILES string of the molecule is CC1(C2CCN(Cc3cn[nH]c3-c3ccccc3)CC2)NC(=O)NC1=O. The largest absolute Gasteiger partial charge is 0.323 e. The number of nitrogens with zero attached hydrogens (tertiary/aromatic N) is 2. The third-order valence-corrected chi connectivity index (χ3v) is 5.65. The molecule has 1 aromatic carbocycles. The van der Waals surface area contributed by atoms with E-state index in [0.29, 0.717) is 0 Å². The monoisotopic (exact) mass is 353 g/mol. The lowest BCUT2D eigenvalue weighted by Crippen LogP contribution is -2.53. The second kappa shape index (κ2) is 6.57. The molecule has 1 atom stereocenters. The van der Waals surface area contributed by atoms with Gasteiger partial charge >= 0.3 is 6.03 Å². The molecular weight excluding hydrogens is 330 g/mol. The Balaban J connectivity index is 1.40. The number of benzene rings is 1. The van der Waals surface area contributed by atoms with Gasteiger partial charge < -0.3 is 5.32 Å². The minimum Gasteiger partial charge on any atom is -0.323 e. The summed E-state index contributed by atoms with van der Waals surface area (Å²) in [6, 6.07) is 9.81. The highest BCUT2D eigenvalue weighted by Gasteiger charge is 2.48. The van der Waals surface area contributed by atoms with E-state index in [0.717, 1.165) is 43.7 Å². The number of carbonyl (C=O) groups excluding carboxylic acids is 2. The zero-order valence-corrected chi connectivity index (χ0v) is 14.8. The lowest BCUT2D eigenvalue weighted by Gasteiger charge is -2.38. The van der Waals surface area contributed by atoms with Gasteiger partial charge in [-0.3, -0.25) is 20.1 Å². The second-order valence-corrected chi connectivity index (χ2v) is 7.30. The molecule has 26 heavy (non-hydrogen) atoms. The number of likely N-dealkylation sites (tertiary alicyclic amines) is 1. The van der Waals surface area contributed by atoms with Gasteiger partial charge in [0.25, 0.3) is 5.91 Å². The number of nitrogens with one attached hydrogen (secondary N) is 3. The Kier molecular flexibility index (Phi) is 4.24. The van der Waals surface area contributed by atoms with Crippen LogP contribution in [-0.2, 0) is 11.3 Å². The summed E-state index contributed by atoms with van der Waals surface area (Å²) in [5.74, 6) is -0.0507. The van der Waals surface area contributed by atoms with Crippen LogP contribution >= 0.6 is 0 Å². The molecule has 2 saturated heterocycles. The molecule has 0 saturated carbocycles. The second-order valence-electron chi connectivity index (χ2n) is 7.30. The summed E-state index contributed by atoms with van der Waals surface area (Å²) in [5.41, 5.74) is 2.58. The van der Waals surface area contributed by atoms with Crippen molar-refractivity contribution in [2.24, 2.45) is 5.92 Å². The minimum atomic E-state index is -0.784. The number of piperidine rings is 1. The third kappa shape index (κ3) is 2.99. The van der Waals surface area contributed by atoms with Crippen LogP contribution in [0.5, 0.6) is 0 Å². The van der Waals surface area contributed by atoms with Crippen molar-refractivity contribution in [3.05, 3.63) is 42.1 Å². The Bertz CT molecular complexity index is 810. The van der Waals surface area contributed by atoms with Gasteiger partial charge in [-0.1, -0.05) is 30.3 Å². The van der Waals surface area contributed by atoms with E-state index in [1.165, 1.54) is 5.56 Å². The molecule has 0 spiro atoms. The lowest BCUT2D eigenvalue weighted by molar-refractivity contribution is -0.125. The summed E-state index contributed by atoms with van der Waals surface area (Å²) in [4.78, 5) is 26.0. The Morgan fingerprint density at radius 2 is 1.92 bits per heavy atom. The van der Waals surface area contributed by atoms with Crippen LogP contribution in [0.2, 0.25) is 0 Å². The van der Waals surface area contributed by atoms with Gasteiger partial charge in [0.2, 0.25) is 0 Å². The smallest absolute Gasteiger partial charge is 0.322 e. The van der Waals surface area contributed by atoms with Gasteiger partial charge in [0.15, 0.2) is 0 Å². The highest BCUT2D eigenvalue weighted by atomic mass is 16.2. The zero-order chi connectivity index (χ0) is 18.1. The van der Waals surface area contributed by atoms with Gasteiger partial charge in [-0.25, -0.2) is 4.79 Å². The van der Waals surface area contributed by atoms with Crippen LogP contribution in [0.25, 0.3) is 11.3 Å². The molecule has 2 aliphatic heterocycles. The van der Waals surface area contributed by atoms with Crippen molar-refractivity contribution in [1.82, 2.24) is 25.7 Å².